The highest BCUT2D eigenvalue weighted by molar-refractivity contribution is 6.23. The van der Waals surface area contributed by atoms with Gasteiger partial charge in [-0.3, -0.25) is 4.79 Å². The third-order valence-corrected chi connectivity index (χ3v) is 4.57. The summed E-state index contributed by atoms with van der Waals surface area (Å²) in [6.07, 6.45) is 0.157. The van der Waals surface area contributed by atoms with Gasteiger partial charge in [-0.25, -0.2) is 0 Å². The maximum Gasteiger partial charge on any atom is 0.303 e. The standard InChI is InChI=1S/C20H16O2/c1-12(11-18(21)22)16-9-7-15-6-5-13-3-2-4-14-8-10-17(16)20(15)19(13)14/h2-10,12H,11H2,1H3,(H,21,22). The summed E-state index contributed by atoms with van der Waals surface area (Å²) >= 11 is 0. The molecule has 0 radical (unpaired) electrons. The van der Waals surface area contributed by atoms with Gasteiger partial charge in [-0.15, -0.1) is 0 Å². The molecule has 0 aromatic heterocycles. The fraction of sp³-hybridized carbons (Fsp3) is 0.150. The highest BCUT2D eigenvalue weighted by atomic mass is 16.4. The molecule has 4 rings (SSSR count). The van der Waals surface area contributed by atoms with E-state index in [-0.39, 0.29) is 12.3 Å². The van der Waals surface area contributed by atoms with Gasteiger partial charge in [0.15, 0.2) is 0 Å². The first-order chi connectivity index (χ1) is 10.6. The molecule has 108 valence electrons. The summed E-state index contributed by atoms with van der Waals surface area (Å²) in [4.78, 5) is 11.1. The van der Waals surface area contributed by atoms with E-state index < -0.39 is 5.97 Å². The Morgan fingerprint density at radius 3 is 2.18 bits per heavy atom. The number of aliphatic carboxylic acids is 1. The number of carbonyl (C=O) groups is 1. The second-order valence-corrected chi connectivity index (χ2v) is 6.01. The molecule has 0 saturated carbocycles. The summed E-state index contributed by atoms with van der Waals surface area (Å²) in [5.41, 5.74) is 1.12. The third-order valence-electron chi connectivity index (χ3n) is 4.57. The first-order valence-corrected chi connectivity index (χ1v) is 7.53. The van der Waals surface area contributed by atoms with Gasteiger partial charge in [0.05, 0.1) is 6.42 Å². The predicted octanol–water partition coefficient (Wildman–Crippen LogP) is 5.16. The molecule has 1 unspecified atom stereocenters. The predicted molar refractivity (Wildman–Crippen MR) is 90.8 cm³/mol. The van der Waals surface area contributed by atoms with Crippen LogP contribution in [0.2, 0.25) is 0 Å². The van der Waals surface area contributed by atoms with Crippen LogP contribution in [0.3, 0.4) is 0 Å². The molecule has 4 aromatic rings. The number of benzene rings is 4. The highest BCUT2D eigenvalue weighted by Gasteiger charge is 2.16. The van der Waals surface area contributed by atoms with E-state index in [1.54, 1.807) is 0 Å². The average molecular weight is 288 g/mol. The van der Waals surface area contributed by atoms with Crippen LogP contribution in [0.5, 0.6) is 0 Å². The third kappa shape index (κ3) is 1.84. The zero-order chi connectivity index (χ0) is 15.3. The summed E-state index contributed by atoms with van der Waals surface area (Å²) < 4.78 is 0. The minimum atomic E-state index is -0.752. The number of hydrogen-bond acceptors (Lipinski definition) is 1. The number of rotatable bonds is 3. The Balaban J connectivity index is 2.10. The lowest BCUT2D eigenvalue weighted by molar-refractivity contribution is -0.137. The maximum absolute atomic E-state index is 11.1. The lowest BCUT2D eigenvalue weighted by Gasteiger charge is -2.17. The van der Waals surface area contributed by atoms with E-state index in [1.807, 2.05) is 6.92 Å². The lowest BCUT2D eigenvalue weighted by Crippen LogP contribution is -2.03. The first-order valence-electron chi connectivity index (χ1n) is 7.53. The van der Waals surface area contributed by atoms with Crippen molar-refractivity contribution in [2.24, 2.45) is 0 Å². The van der Waals surface area contributed by atoms with Gasteiger partial charge in [0.25, 0.3) is 0 Å². The number of hydrogen-bond donors (Lipinski definition) is 1. The van der Waals surface area contributed by atoms with E-state index in [2.05, 4.69) is 54.6 Å². The van der Waals surface area contributed by atoms with Gasteiger partial charge in [0.1, 0.15) is 0 Å². The number of carboxylic acid groups (broad SMARTS) is 1. The fourth-order valence-corrected chi connectivity index (χ4v) is 3.56. The molecule has 0 spiro atoms. The van der Waals surface area contributed by atoms with Crippen LogP contribution >= 0.6 is 0 Å². The highest BCUT2D eigenvalue weighted by Crippen LogP contribution is 2.38. The van der Waals surface area contributed by atoms with Gasteiger partial charge < -0.3 is 5.11 Å². The van der Waals surface area contributed by atoms with Crippen molar-refractivity contribution in [1.29, 1.82) is 0 Å². The Morgan fingerprint density at radius 2 is 1.50 bits per heavy atom. The normalized spacial score (nSPS) is 13.1. The summed E-state index contributed by atoms with van der Waals surface area (Å²) in [7, 11) is 0. The Hall–Kier alpha value is -2.61. The van der Waals surface area contributed by atoms with Gasteiger partial charge in [0, 0.05) is 0 Å². The minimum Gasteiger partial charge on any atom is -0.481 e. The quantitative estimate of drug-likeness (QED) is 0.528. The Labute approximate surface area is 128 Å². The molecule has 2 heteroatoms. The molecule has 1 atom stereocenters. The zero-order valence-electron chi connectivity index (χ0n) is 12.3. The van der Waals surface area contributed by atoms with E-state index in [4.69, 9.17) is 5.11 Å². The monoisotopic (exact) mass is 288 g/mol. The molecule has 0 aliphatic rings. The summed E-state index contributed by atoms with van der Waals surface area (Å²) in [5, 5.41) is 16.5. The van der Waals surface area contributed by atoms with Crippen molar-refractivity contribution in [3.63, 3.8) is 0 Å². The second-order valence-electron chi connectivity index (χ2n) is 6.01. The van der Waals surface area contributed by atoms with Crippen molar-refractivity contribution in [3.8, 4) is 0 Å². The van der Waals surface area contributed by atoms with Gasteiger partial charge in [-0.2, -0.15) is 0 Å². The van der Waals surface area contributed by atoms with E-state index in [0.29, 0.717) is 0 Å². The van der Waals surface area contributed by atoms with Crippen molar-refractivity contribution >= 4 is 38.3 Å². The largest absolute Gasteiger partial charge is 0.481 e. The van der Waals surface area contributed by atoms with E-state index in [1.165, 1.54) is 32.3 Å². The van der Waals surface area contributed by atoms with Crippen LogP contribution in [0, 0.1) is 0 Å². The molecule has 0 aliphatic heterocycles. The average Bonchev–Trinajstić information content (AvgIpc) is 2.51. The Bertz CT molecular complexity index is 985. The van der Waals surface area contributed by atoms with Gasteiger partial charge in [-0.1, -0.05) is 61.5 Å². The minimum absolute atomic E-state index is 0.00192. The molecule has 0 heterocycles. The smallest absolute Gasteiger partial charge is 0.303 e. The molecule has 0 amide bonds. The SMILES string of the molecule is CC(CC(=O)O)c1ccc2ccc3cccc4ccc1c2c34. The summed E-state index contributed by atoms with van der Waals surface area (Å²) in [6, 6.07) is 19.1. The van der Waals surface area contributed by atoms with Crippen LogP contribution in [-0.4, -0.2) is 11.1 Å². The first kappa shape index (κ1) is 13.1. The molecule has 22 heavy (non-hydrogen) atoms. The molecular weight excluding hydrogens is 272 g/mol. The molecule has 0 aliphatic carbocycles. The molecule has 0 bridgehead atoms. The lowest BCUT2D eigenvalue weighted by atomic mass is 9.87. The zero-order valence-corrected chi connectivity index (χ0v) is 12.3. The van der Waals surface area contributed by atoms with Crippen molar-refractivity contribution in [2.45, 2.75) is 19.3 Å². The van der Waals surface area contributed by atoms with Crippen LogP contribution < -0.4 is 0 Å². The van der Waals surface area contributed by atoms with Crippen LogP contribution in [0.25, 0.3) is 32.3 Å². The van der Waals surface area contributed by atoms with Crippen LogP contribution in [0.1, 0.15) is 24.8 Å². The molecule has 0 saturated heterocycles. The fourth-order valence-electron chi connectivity index (χ4n) is 3.56. The molecule has 1 N–H and O–H groups in total. The van der Waals surface area contributed by atoms with Crippen molar-refractivity contribution in [3.05, 3.63) is 60.2 Å². The second kappa shape index (κ2) is 4.70. The molecule has 4 aromatic carbocycles. The Morgan fingerprint density at radius 1 is 0.909 bits per heavy atom. The summed E-state index contributed by atoms with van der Waals surface area (Å²) in [6.45, 7) is 1.99. The van der Waals surface area contributed by atoms with E-state index in [9.17, 15) is 4.79 Å². The van der Waals surface area contributed by atoms with E-state index in [0.717, 1.165) is 5.56 Å². The number of carboxylic acids is 1. The maximum atomic E-state index is 11.1. The topological polar surface area (TPSA) is 37.3 Å². The molecular formula is C20H16O2. The van der Waals surface area contributed by atoms with Crippen molar-refractivity contribution < 1.29 is 9.90 Å². The summed E-state index contributed by atoms with van der Waals surface area (Å²) in [5.74, 6) is -0.750. The van der Waals surface area contributed by atoms with Crippen LogP contribution in [0.4, 0.5) is 0 Å². The van der Waals surface area contributed by atoms with Crippen LogP contribution in [0.15, 0.2) is 54.6 Å². The van der Waals surface area contributed by atoms with Gasteiger partial charge in [0.2, 0.25) is 0 Å². The van der Waals surface area contributed by atoms with Gasteiger partial charge >= 0.3 is 5.97 Å². The Kier molecular flexibility index (Phi) is 2.80. The van der Waals surface area contributed by atoms with Crippen molar-refractivity contribution in [1.82, 2.24) is 0 Å². The van der Waals surface area contributed by atoms with Gasteiger partial charge in [-0.05, 0) is 43.8 Å². The van der Waals surface area contributed by atoms with Crippen molar-refractivity contribution in [2.75, 3.05) is 0 Å². The van der Waals surface area contributed by atoms with Crippen LogP contribution in [-0.2, 0) is 4.79 Å². The molecule has 0 fully saturated rings. The van der Waals surface area contributed by atoms with E-state index >= 15 is 0 Å². The molecule has 2 nitrogen and oxygen atoms in total.